The topological polar surface area (TPSA) is 40.1 Å². The normalized spacial score (nSPS) is 16.6. The van der Waals surface area contributed by atoms with E-state index in [9.17, 15) is 9.90 Å². The van der Waals surface area contributed by atoms with Gasteiger partial charge in [-0.1, -0.05) is 17.7 Å². The first-order valence-corrected chi connectivity index (χ1v) is 4.17. The third-order valence-corrected chi connectivity index (χ3v) is 2.32. The summed E-state index contributed by atoms with van der Waals surface area (Å²) < 4.78 is 0. The fourth-order valence-electron chi connectivity index (χ4n) is 1.61. The number of fused-ring (bicyclic) bond motifs is 1. The van der Waals surface area contributed by atoms with Gasteiger partial charge in [-0.25, -0.2) is 0 Å². The van der Waals surface area contributed by atoms with Crippen LogP contribution in [-0.2, 0) is 6.42 Å². The summed E-state index contributed by atoms with van der Waals surface area (Å²) >= 11 is 0. The van der Waals surface area contributed by atoms with Gasteiger partial charge in [-0.05, 0) is 24.1 Å². The molecule has 0 N–H and O–H groups in total. The zero-order valence-corrected chi connectivity index (χ0v) is 10.3. The molecule has 0 spiro atoms. The molecule has 3 heteroatoms. The third kappa shape index (κ3) is 1.78. The number of aryl methyl sites for hydroxylation is 1. The van der Waals surface area contributed by atoms with Crippen LogP contribution in [-0.4, -0.2) is 5.78 Å². The molecule has 0 heterocycles. The van der Waals surface area contributed by atoms with Crippen LogP contribution < -0.4 is 34.7 Å². The van der Waals surface area contributed by atoms with Crippen molar-refractivity contribution in [3.8, 4) is 0 Å². The van der Waals surface area contributed by atoms with Crippen molar-refractivity contribution in [1.82, 2.24) is 0 Å². The van der Waals surface area contributed by atoms with Gasteiger partial charge in [0, 0.05) is 12.0 Å². The summed E-state index contributed by atoms with van der Waals surface area (Å²) in [5.41, 5.74) is 3.10. The molecule has 0 atom stereocenters. The second-order valence-corrected chi connectivity index (χ2v) is 3.31. The van der Waals surface area contributed by atoms with Gasteiger partial charge >= 0.3 is 29.6 Å². The number of Topliss-reactive ketones (excluding diaryl/α,β-unsaturated/α-hetero) is 1. The Labute approximate surface area is 105 Å². The van der Waals surface area contributed by atoms with Crippen molar-refractivity contribution in [2.24, 2.45) is 0 Å². The Bertz CT molecular complexity index is 408. The van der Waals surface area contributed by atoms with E-state index in [4.69, 9.17) is 0 Å². The summed E-state index contributed by atoms with van der Waals surface area (Å²) in [6.07, 6.45) is 1.16. The van der Waals surface area contributed by atoms with Crippen LogP contribution in [0.3, 0.4) is 0 Å². The first kappa shape index (κ1) is 11.5. The molecule has 0 unspecified atom stereocenters. The van der Waals surface area contributed by atoms with Crippen LogP contribution in [0, 0.1) is 6.92 Å². The van der Waals surface area contributed by atoms with Gasteiger partial charge in [0.25, 0.3) is 0 Å². The van der Waals surface area contributed by atoms with Crippen molar-refractivity contribution in [3.05, 3.63) is 46.7 Å². The van der Waals surface area contributed by atoms with E-state index < -0.39 is 0 Å². The molecule has 14 heavy (non-hydrogen) atoms. The summed E-state index contributed by atoms with van der Waals surface area (Å²) in [6, 6.07) is 5.72. The zero-order chi connectivity index (χ0) is 9.42. The summed E-state index contributed by atoms with van der Waals surface area (Å²) in [6.45, 7) is 1.94. The molecule has 1 aromatic carbocycles. The predicted octanol–water partition coefficient (Wildman–Crippen LogP) is -2.02. The van der Waals surface area contributed by atoms with Gasteiger partial charge in [-0.3, -0.25) is 4.79 Å². The Morgan fingerprint density at radius 2 is 2.14 bits per heavy atom. The van der Waals surface area contributed by atoms with Crippen molar-refractivity contribution in [2.75, 3.05) is 0 Å². The Balaban J connectivity index is 0.000000980. The van der Waals surface area contributed by atoms with Crippen molar-refractivity contribution in [2.45, 2.75) is 13.3 Å². The smallest absolute Gasteiger partial charge is 0.878 e. The second kappa shape index (κ2) is 4.30. The Kier molecular flexibility index (Phi) is 3.53. The SMILES string of the molecule is Cc1ccc2c(c1)C(=O)/C(=C\[O-])C2.[Na+]. The predicted molar refractivity (Wildman–Crippen MR) is 47.3 cm³/mol. The zero-order valence-electron chi connectivity index (χ0n) is 8.33. The minimum atomic E-state index is -0.103. The molecule has 0 amide bonds. The van der Waals surface area contributed by atoms with Crippen molar-refractivity contribution >= 4 is 5.78 Å². The summed E-state index contributed by atoms with van der Waals surface area (Å²) in [4.78, 5) is 11.5. The minimum absolute atomic E-state index is 0. The molecule has 0 fully saturated rings. The van der Waals surface area contributed by atoms with Crippen LogP contribution >= 0.6 is 0 Å². The van der Waals surface area contributed by atoms with E-state index >= 15 is 0 Å². The van der Waals surface area contributed by atoms with E-state index in [1.54, 1.807) is 0 Å². The van der Waals surface area contributed by atoms with Gasteiger partial charge in [-0.2, -0.15) is 0 Å². The van der Waals surface area contributed by atoms with Gasteiger partial charge in [-0.15, -0.1) is 6.26 Å². The Morgan fingerprint density at radius 3 is 2.79 bits per heavy atom. The average molecular weight is 196 g/mol. The maximum absolute atomic E-state index is 11.5. The number of benzene rings is 1. The van der Waals surface area contributed by atoms with E-state index in [-0.39, 0.29) is 35.3 Å². The third-order valence-electron chi connectivity index (χ3n) is 2.32. The molecule has 0 aromatic heterocycles. The summed E-state index contributed by atoms with van der Waals surface area (Å²) in [7, 11) is 0. The van der Waals surface area contributed by atoms with Crippen LogP contribution in [0.15, 0.2) is 30.0 Å². The minimum Gasteiger partial charge on any atom is -0.878 e. The fourth-order valence-corrected chi connectivity index (χ4v) is 1.61. The molecule has 0 bridgehead atoms. The number of ketones is 1. The molecular formula is C11H9NaO2. The molecule has 0 saturated carbocycles. The molecule has 2 nitrogen and oxygen atoms in total. The van der Waals surface area contributed by atoms with Crippen LogP contribution in [0.2, 0.25) is 0 Å². The van der Waals surface area contributed by atoms with E-state index in [0.717, 1.165) is 11.1 Å². The van der Waals surface area contributed by atoms with Gasteiger partial charge in [0.2, 0.25) is 0 Å². The van der Waals surface area contributed by atoms with Gasteiger partial charge in [0.1, 0.15) is 0 Å². The van der Waals surface area contributed by atoms with Crippen molar-refractivity contribution in [3.63, 3.8) is 0 Å². The summed E-state index contributed by atoms with van der Waals surface area (Å²) in [5.74, 6) is -0.103. The first-order chi connectivity index (χ1) is 6.22. The van der Waals surface area contributed by atoms with Crippen molar-refractivity contribution in [1.29, 1.82) is 0 Å². The summed E-state index contributed by atoms with van der Waals surface area (Å²) in [5, 5.41) is 10.5. The number of carbonyl (C=O) groups is 1. The molecular weight excluding hydrogens is 187 g/mol. The molecule has 1 aromatic rings. The maximum atomic E-state index is 11.5. The first-order valence-electron chi connectivity index (χ1n) is 4.17. The molecule has 1 aliphatic carbocycles. The number of carbonyl (C=O) groups excluding carboxylic acids is 1. The molecule has 0 aliphatic heterocycles. The van der Waals surface area contributed by atoms with Crippen LogP contribution in [0.25, 0.3) is 0 Å². The number of rotatable bonds is 0. The Morgan fingerprint density at radius 1 is 1.43 bits per heavy atom. The standard InChI is InChI=1S/C11H10O2.Na/c1-7-2-3-8-5-9(6-12)11(13)10(8)4-7;/h2-4,6,12H,5H2,1H3;/q;+1/p-1/b9-6-;. The number of allylic oxidation sites excluding steroid dienone is 1. The maximum Gasteiger partial charge on any atom is 1.00 e. The molecule has 2 rings (SSSR count). The molecule has 0 radical (unpaired) electrons. The van der Waals surface area contributed by atoms with E-state index in [1.165, 1.54) is 0 Å². The quantitative estimate of drug-likeness (QED) is 0.273. The van der Waals surface area contributed by atoms with E-state index in [0.29, 0.717) is 23.8 Å². The number of hydrogen-bond acceptors (Lipinski definition) is 2. The number of hydrogen-bond donors (Lipinski definition) is 0. The van der Waals surface area contributed by atoms with Gasteiger partial charge in [0.05, 0.1) is 0 Å². The monoisotopic (exact) mass is 196 g/mol. The Hall–Kier alpha value is -0.570. The second-order valence-electron chi connectivity index (χ2n) is 3.31. The van der Waals surface area contributed by atoms with E-state index in [2.05, 4.69) is 0 Å². The average Bonchev–Trinajstić information content (AvgIpc) is 2.44. The van der Waals surface area contributed by atoms with Crippen molar-refractivity contribution < 1.29 is 39.5 Å². The fraction of sp³-hybridized carbons (Fsp3) is 0.182. The molecule has 66 valence electrons. The van der Waals surface area contributed by atoms with E-state index in [1.807, 2.05) is 25.1 Å². The van der Waals surface area contributed by atoms with Crippen LogP contribution in [0.5, 0.6) is 0 Å². The van der Waals surface area contributed by atoms with Crippen LogP contribution in [0.4, 0.5) is 0 Å². The molecule has 1 aliphatic rings. The van der Waals surface area contributed by atoms with Gasteiger partial charge < -0.3 is 5.11 Å². The molecule has 0 saturated heterocycles. The van der Waals surface area contributed by atoms with Crippen LogP contribution in [0.1, 0.15) is 21.5 Å². The largest absolute Gasteiger partial charge is 1.00 e. The van der Waals surface area contributed by atoms with Gasteiger partial charge in [0.15, 0.2) is 5.78 Å².